The second-order valence-corrected chi connectivity index (χ2v) is 9.21. The average molecular weight is 413 g/mol. The first-order valence-electron chi connectivity index (χ1n) is 10.5. The van der Waals surface area contributed by atoms with Gasteiger partial charge >= 0.3 is 5.97 Å². The first-order chi connectivity index (χ1) is 14.2. The molecule has 4 rings (SSSR count). The molecule has 0 bridgehead atoms. The third-order valence-corrected chi connectivity index (χ3v) is 6.09. The number of benzene rings is 1. The van der Waals surface area contributed by atoms with Crippen LogP contribution in [0.5, 0.6) is 0 Å². The molecule has 5 nitrogen and oxygen atoms in total. The third kappa shape index (κ3) is 4.06. The normalized spacial score (nSPS) is 25.8. The maximum absolute atomic E-state index is 13.6. The number of carbonyl (C=O) groups excluding carboxylic acids is 2. The molecule has 160 valence electrons. The van der Waals surface area contributed by atoms with Gasteiger partial charge in [-0.15, -0.1) is 0 Å². The van der Waals surface area contributed by atoms with Gasteiger partial charge in [-0.3, -0.25) is 4.79 Å². The maximum Gasteiger partial charge on any atom is 0.336 e. The van der Waals surface area contributed by atoms with Crippen LogP contribution in [0.1, 0.15) is 57.9 Å². The number of dihydropyridines is 1. The molecule has 1 aromatic rings. The second kappa shape index (κ2) is 7.99. The number of allylic oxidation sites excluding steroid dienone is 3. The lowest BCUT2D eigenvalue weighted by molar-refractivity contribution is -0.142. The van der Waals surface area contributed by atoms with Crippen molar-refractivity contribution in [3.8, 4) is 0 Å². The van der Waals surface area contributed by atoms with Crippen molar-refractivity contribution < 1.29 is 23.5 Å². The van der Waals surface area contributed by atoms with Crippen molar-refractivity contribution in [1.82, 2.24) is 5.32 Å². The molecular weight excluding hydrogens is 385 g/mol. The van der Waals surface area contributed by atoms with E-state index in [1.807, 2.05) is 6.92 Å². The lowest BCUT2D eigenvalue weighted by atomic mass is 9.68. The largest absolute Gasteiger partial charge is 0.459 e. The van der Waals surface area contributed by atoms with E-state index in [1.165, 1.54) is 12.1 Å². The maximum atomic E-state index is 13.6. The minimum atomic E-state index is -0.567. The summed E-state index contributed by atoms with van der Waals surface area (Å²) in [6, 6.07) is 6.01. The summed E-state index contributed by atoms with van der Waals surface area (Å²) in [5.74, 6) is -1.38. The van der Waals surface area contributed by atoms with Crippen molar-refractivity contribution in [2.24, 2.45) is 5.41 Å². The predicted molar refractivity (Wildman–Crippen MR) is 110 cm³/mol. The molecule has 2 heterocycles. The summed E-state index contributed by atoms with van der Waals surface area (Å²) in [4.78, 5) is 26.3. The summed E-state index contributed by atoms with van der Waals surface area (Å²) in [7, 11) is 0. The van der Waals surface area contributed by atoms with E-state index >= 15 is 0 Å². The number of esters is 1. The summed E-state index contributed by atoms with van der Waals surface area (Å²) in [6.07, 6.45) is 2.87. The van der Waals surface area contributed by atoms with Crippen LogP contribution >= 0.6 is 0 Å². The Bertz CT molecular complexity index is 923. The minimum absolute atomic E-state index is 0.0139. The monoisotopic (exact) mass is 413 g/mol. The molecule has 0 amide bonds. The first kappa shape index (κ1) is 20.8. The molecule has 2 atom stereocenters. The highest BCUT2D eigenvalue weighted by Crippen LogP contribution is 2.46. The van der Waals surface area contributed by atoms with Crippen molar-refractivity contribution in [2.45, 2.75) is 58.5 Å². The lowest BCUT2D eigenvalue weighted by Crippen LogP contribution is -2.39. The Balaban J connectivity index is 1.71. The highest BCUT2D eigenvalue weighted by atomic mass is 19.1. The van der Waals surface area contributed by atoms with Gasteiger partial charge in [-0.25, -0.2) is 9.18 Å². The Morgan fingerprint density at radius 3 is 2.67 bits per heavy atom. The topological polar surface area (TPSA) is 64.6 Å². The molecule has 1 fully saturated rings. The van der Waals surface area contributed by atoms with Gasteiger partial charge in [0.2, 0.25) is 0 Å². The fraction of sp³-hybridized carbons (Fsp3) is 0.500. The second-order valence-electron chi connectivity index (χ2n) is 9.21. The van der Waals surface area contributed by atoms with Crippen molar-refractivity contribution >= 4 is 11.8 Å². The number of halogens is 1. The summed E-state index contributed by atoms with van der Waals surface area (Å²) in [6.45, 7) is 6.83. The molecule has 0 unspecified atom stereocenters. The van der Waals surface area contributed by atoms with Crippen LogP contribution in [0.25, 0.3) is 0 Å². The van der Waals surface area contributed by atoms with Gasteiger partial charge in [0.25, 0.3) is 0 Å². The van der Waals surface area contributed by atoms with Crippen molar-refractivity contribution in [1.29, 1.82) is 0 Å². The van der Waals surface area contributed by atoms with Crippen LogP contribution in [0.4, 0.5) is 4.39 Å². The quantitative estimate of drug-likeness (QED) is 0.752. The Labute approximate surface area is 176 Å². The zero-order valence-corrected chi connectivity index (χ0v) is 17.7. The number of ether oxygens (including phenoxy) is 2. The molecule has 1 aliphatic carbocycles. The van der Waals surface area contributed by atoms with Crippen LogP contribution in [0.2, 0.25) is 0 Å². The highest BCUT2D eigenvalue weighted by Gasteiger charge is 2.43. The van der Waals surface area contributed by atoms with E-state index in [2.05, 4.69) is 19.2 Å². The van der Waals surface area contributed by atoms with Crippen LogP contribution in [-0.4, -0.2) is 31.1 Å². The Hall–Kier alpha value is -2.47. The zero-order valence-electron chi connectivity index (χ0n) is 17.7. The number of rotatable bonds is 4. The highest BCUT2D eigenvalue weighted by molar-refractivity contribution is 6.04. The van der Waals surface area contributed by atoms with E-state index in [1.54, 1.807) is 12.1 Å². The van der Waals surface area contributed by atoms with Crippen LogP contribution in [0.15, 0.2) is 46.8 Å². The van der Waals surface area contributed by atoms with Crippen LogP contribution < -0.4 is 5.32 Å². The van der Waals surface area contributed by atoms with Gasteiger partial charge in [0, 0.05) is 35.9 Å². The summed E-state index contributed by atoms with van der Waals surface area (Å²) >= 11 is 0. The number of hydrogen-bond donors (Lipinski definition) is 1. The summed E-state index contributed by atoms with van der Waals surface area (Å²) in [5, 5.41) is 3.31. The van der Waals surface area contributed by atoms with Gasteiger partial charge < -0.3 is 14.8 Å². The molecule has 1 saturated heterocycles. The number of hydrogen-bond acceptors (Lipinski definition) is 5. The van der Waals surface area contributed by atoms with Crippen molar-refractivity contribution in [3.63, 3.8) is 0 Å². The van der Waals surface area contributed by atoms with Gasteiger partial charge in [0.1, 0.15) is 12.4 Å². The molecule has 0 spiro atoms. The molecule has 2 aliphatic heterocycles. The van der Waals surface area contributed by atoms with E-state index in [0.717, 1.165) is 18.5 Å². The summed E-state index contributed by atoms with van der Waals surface area (Å²) < 4.78 is 24.7. The Morgan fingerprint density at radius 1 is 1.27 bits per heavy atom. The van der Waals surface area contributed by atoms with E-state index in [0.29, 0.717) is 41.9 Å². The molecule has 0 saturated carbocycles. The van der Waals surface area contributed by atoms with Crippen LogP contribution in [0, 0.1) is 11.2 Å². The van der Waals surface area contributed by atoms with Crippen LogP contribution in [-0.2, 0) is 19.1 Å². The van der Waals surface area contributed by atoms with E-state index < -0.39 is 11.9 Å². The molecule has 3 aliphatic rings. The average Bonchev–Trinajstić information content (AvgIpc) is 3.18. The molecule has 1 aromatic carbocycles. The predicted octanol–water partition coefficient (Wildman–Crippen LogP) is 4.15. The van der Waals surface area contributed by atoms with Gasteiger partial charge in [-0.1, -0.05) is 26.0 Å². The van der Waals surface area contributed by atoms with Crippen LogP contribution in [0.3, 0.4) is 0 Å². The minimum Gasteiger partial charge on any atom is -0.459 e. The SMILES string of the molecule is CC1=C(C(=O)OC[C@@H]2CCCO2)[C@H](c2ccc(F)cc2)C2=C(CC(C)(C)CC2=O)N1. The standard InChI is InChI=1S/C24H28FNO4/c1-14-20(23(28)30-13-17-5-4-10-29-17)21(15-6-8-16(25)9-7-15)22-18(26-14)11-24(2,3)12-19(22)27/h6-9,17,21,26H,4-5,10-13H2,1-3H3/t17-,21-/m0/s1. The van der Waals surface area contributed by atoms with Gasteiger partial charge in [-0.2, -0.15) is 0 Å². The fourth-order valence-electron chi connectivity index (χ4n) is 4.72. The Kier molecular flexibility index (Phi) is 5.53. The van der Waals surface area contributed by atoms with Crippen molar-refractivity contribution in [2.75, 3.05) is 13.2 Å². The van der Waals surface area contributed by atoms with Gasteiger partial charge in [0.05, 0.1) is 11.7 Å². The van der Waals surface area contributed by atoms with E-state index in [9.17, 15) is 14.0 Å². The molecule has 1 N–H and O–H groups in total. The number of ketones is 1. The number of nitrogens with one attached hydrogen (secondary N) is 1. The van der Waals surface area contributed by atoms with E-state index in [4.69, 9.17) is 9.47 Å². The molecule has 0 radical (unpaired) electrons. The molecule has 30 heavy (non-hydrogen) atoms. The number of carbonyl (C=O) groups is 2. The molecule has 6 heteroatoms. The van der Waals surface area contributed by atoms with Gasteiger partial charge in [0.15, 0.2) is 5.78 Å². The van der Waals surface area contributed by atoms with Crippen molar-refractivity contribution in [3.05, 3.63) is 58.2 Å². The molecular formula is C24H28FNO4. The van der Waals surface area contributed by atoms with E-state index in [-0.39, 0.29) is 29.7 Å². The lowest BCUT2D eigenvalue weighted by Gasteiger charge is -2.39. The Morgan fingerprint density at radius 2 is 2.00 bits per heavy atom. The molecule has 0 aromatic heterocycles. The number of Topliss-reactive ketones (excluding diaryl/α,β-unsaturated/α-hetero) is 1. The van der Waals surface area contributed by atoms with Gasteiger partial charge in [-0.05, 0) is 49.3 Å². The fourth-order valence-corrected chi connectivity index (χ4v) is 4.72. The third-order valence-electron chi connectivity index (χ3n) is 6.09. The zero-order chi connectivity index (χ0) is 21.5. The smallest absolute Gasteiger partial charge is 0.336 e. The first-order valence-corrected chi connectivity index (χ1v) is 10.5. The summed E-state index contributed by atoms with van der Waals surface area (Å²) in [5.41, 5.74) is 3.07.